The van der Waals surface area contributed by atoms with E-state index < -0.39 is 5.97 Å². The maximum absolute atomic E-state index is 12.4. The Morgan fingerprint density at radius 3 is 2.60 bits per heavy atom. The van der Waals surface area contributed by atoms with Gasteiger partial charge in [-0.15, -0.1) is 0 Å². The summed E-state index contributed by atoms with van der Waals surface area (Å²) in [5.41, 5.74) is 3.35. The lowest BCUT2D eigenvalue weighted by molar-refractivity contribution is -0.121. The molecule has 1 amide bonds. The Labute approximate surface area is 191 Å². The van der Waals surface area contributed by atoms with Crippen LogP contribution in [0.3, 0.4) is 0 Å². The van der Waals surface area contributed by atoms with Crippen molar-refractivity contribution in [3.8, 4) is 5.75 Å². The van der Waals surface area contributed by atoms with Gasteiger partial charge < -0.3 is 4.74 Å². The smallest absolute Gasteiger partial charge is 0.345 e. The summed E-state index contributed by atoms with van der Waals surface area (Å²) in [7, 11) is 0. The highest BCUT2D eigenvalue weighted by Crippen LogP contribution is 2.24. The van der Waals surface area contributed by atoms with Gasteiger partial charge in [-0.1, -0.05) is 78.7 Å². The molecule has 0 bridgehead atoms. The Morgan fingerprint density at radius 2 is 1.83 bits per heavy atom. The molecule has 7 heteroatoms. The predicted octanol–water partition coefficient (Wildman–Crippen LogP) is 6.52. The first-order chi connectivity index (χ1) is 14.5. The molecule has 0 unspecified atom stereocenters. The second-order valence-corrected chi connectivity index (χ2v) is 8.19. The zero-order valence-corrected chi connectivity index (χ0v) is 19.3. The largest absolute Gasteiger partial charge is 0.422 e. The van der Waals surface area contributed by atoms with Gasteiger partial charge in [0, 0.05) is 16.5 Å². The summed E-state index contributed by atoms with van der Waals surface area (Å²) in [5, 5.41) is 4.32. The molecule has 0 fully saturated rings. The van der Waals surface area contributed by atoms with Gasteiger partial charge in [0.05, 0.1) is 16.8 Å². The summed E-state index contributed by atoms with van der Waals surface area (Å²) in [6.45, 7) is 2.18. The minimum Gasteiger partial charge on any atom is -0.422 e. The van der Waals surface area contributed by atoms with Crippen molar-refractivity contribution in [1.29, 1.82) is 0 Å². The standard InChI is InChI=1S/C23H26BrClN2O3/c1-2-3-4-5-6-7-12-22(28)27-26-16-17-15-18(24)13-14-21(17)30-23(29)19-10-8-9-11-20(19)25/h8-11,13-16H,2-7,12H2,1H3,(H,27,28). The normalized spacial score (nSPS) is 10.9. The van der Waals surface area contributed by atoms with Crippen molar-refractivity contribution in [2.24, 2.45) is 5.10 Å². The van der Waals surface area contributed by atoms with E-state index in [9.17, 15) is 9.59 Å². The highest BCUT2D eigenvalue weighted by molar-refractivity contribution is 9.10. The molecule has 0 spiro atoms. The Kier molecular flexibility index (Phi) is 10.6. The summed E-state index contributed by atoms with van der Waals surface area (Å²) in [5.74, 6) is -0.381. The molecule has 30 heavy (non-hydrogen) atoms. The molecule has 2 aromatic rings. The Balaban J connectivity index is 1.92. The fraction of sp³-hybridized carbons (Fsp3) is 0.348. The number of hydrogen-bond donors (Lipinski definition) is 1. The van der Waals surface area contributed by atoms with Gasteiger partial charge in [-0.2, -0.15) is 5.10 Å². The third-order valence-corrected chi connectivity index (χ3v) is 5.24. The van der Waals surface area contributed by atoms with Gasteiger partial charge >= 0.3 is 5.97 Å². The molecule has 0 saturated carbocycles. The van der Waals surface area contributed by atoms with Crippen LogP contribution in [0.5, 0.6) is 5.75 Å². The topological polar surface area (TPSA) is 67.8 Å². The lowest BCUT2D eigenvalue weighted by Crippen LogP contribution is -2.17. The number of rotatable bonds is 11. The molecule has 0 aliphatic heterocycles. The average Bonchev–Trinajstić information content (AvgIpc) is 2.72. The SMILES string of the molecule is CCCCCCCCC(=O)NN=Cc1cc(Br)ccc1OC(=O)c1ccccc1Cl. The van der Waals surface area contributed by atoms with Gasteiger partial charge in [-0.25, -0.2) is 10.2 Å². The maximum Gasteiger partial charge on any atom is 0.345 e. The predicted molar refractivity (Wildman–Crippen MR) is 124 cm³/mol. The van der Waals surface area contributed by atoms with Crippen LogP contribution in [0.1, 0.15) is 67.8 Å². The van der Waals surface area contributed by atoms with E-state index in [2.05, 4.69) is 33.4 Å². The number of hydrazone groups is 1. The van der Waals surface area contributed by atoms with Crippen molar-refractivity contribution in [1.82, 2.24) is 5.43 Å². The Bertz CT molecular complexity index is 887. The number of amides is 1. The van der Waals surface area contributed by atoms with Gasteiger partial charge in [-0.3, -0.25) is 4.79 Å². The minimum atomic E-state index is -0.565. The molecule has 0 saturated heterocycles. The van der Waals surface area contributed by atoms with Crippen LogP contribution in [0.2, 0.25) is 5.02 Å². The molecule has 0 heterocycles. The molecule has 0 aliphatic rings. The second kappa shape index (κ2) is 13.2. The van der Waals surface area contributed by atoms with Crippen molar-refractivity contribution in [2.45, 2.75) is 51.9 Å². The number of ether oxygens (including phenoxy) is 1. The third-order valence-electron chi connectivity index (χ3n) is 4.42. The van der Waals surface area contributed by atoms with Gasteiger partial charge in [0.15, 0.2) is 0 Å². The molecule has 2 aromatic carbocycles. The van der Waals surface area contributed by atoms with Crippen LogP contribution in [0.25, 0.3) is 0 Å². The molecular weight excluding hydrogens is 468 g/mol. The highest BCUT2D eigenvalue weighted by atomic mass is 79.9. The number of carbonyl (C=O) groups excluding carboxylic acids is 2. The summed E-state index contributed by atoms with van der Waals surface area (Å²) in [6.07, 6.45) is 8.62. The number of carbonyl (C=O) groups is 2. The quantitative estimate of drug-likeness (QED) is 0.127. The lowest BCUT2D eigenvalue weighted by atomic mass is 10.1. The maximum atomic E-state index is 12.4. The number of unbranched alkanes of at least 4 members (excludes halogenated alkanes) is 5. The first-order valence-corrected chi connectivity index (χ1v) is 11.3. The van der Waals surface area contributed by atoms with E-state index >= 15 is 0 Å². The number of hydrogen-bond acceptors (Lipinski definition) is 4. The van der Waals surface area contributed by atoms with Crippen LogP contribution in [0.4, 0.5) is 0 Å². The van der Waals surface area contributed by atoms with E-state index in [1.54, 1.807) is 42.5 Å². The lowest BCUT2D eigenvalue weighted by Gasteiger charge is -2.09. The summed E-state index contributed by atoms with van der Waals surface area (Å²) in [6, 6.07) is 11.8. The molecule has 0 radical (unpaired) electrons. The summed E-state index contributed by atoms with van der Waals surface area (Å²) < 4.78 is 6.28. The Hall–Kier alpha value is -2.18. The number of nitrogens with zero attached hydrogens (tertiary/aromatic N) is 1. The average molecular weight is 494 g/mol. The monoisotopic (exact) mass is 492 g/mol. The molecule has 5 nitrogen and oxygen atoms in total. The van der Waals surface area contributed by atoms with E-state index in [1.165, 1.54) is 25.5 Å². The molecule has 0 aliphatic carbocycles. The fourth-order valence-electron chi connectivity index (χ4n) is 2.79. The Morgan fingerprint density at radius 1 is 1.10 bits per heavy atom. The first-order valence-electron chi connectivity index (χ1n) is 10.1. The van der Waals surface area contributed by atoms with Crippen molar-refractivity contribution in [3.63, 3.8) is 0 Å². The number of halogens is 2. The number of esters is 1. The third kappa shape index (κ3) is 8.28. The van der Waals surface area contributed by atoms with Crippen LogP contribution in [-0.2, 0) is 4.79 Å². The molecule has 160 valence electrons. The first kappa shape index (κ1) is 24.1. The van der Waals surface area contributed by atoms with Gasteiger partial charge in [0.25, 0.3) is 0 Å². The molecule has 1 N–H and O–H groups in total. The van der Waals surface area contributed by atoms with Crippen LogP contribution in [-0.4, -0.2) is 18.1 Å². The molecule has 0 aromatic heterocycles. The molecule has 0 atom stereocenters. The molecule has 2 rings (SSSR count). The summed E-state index contributed by atoms with van der Waals surface area (Å²) in [4.78, 5) is 24.4. The van der Waals surface area contributed by atoms with E-state index in [1.807, 2.05) is 0 Å². The number of benzene rings is 2. The van der Waals surface area contributed by atoms with E-state index in [4.69, 9.17) is 16.3 Å². The van der Waals surface area contributed by atoms with Crippen molar-refractivity contribution < 1.29 is 14.3 Å². The second-order valence-electron chi connectivity index (χ2n) is 6.86. The van der Waals surface area contributed by atoms with Crippen molar-refractivity contribution in [3.05, 3.63) is 63.1 Å². The zero-order valence-electron chi connectivity index (χ0n) is 17.0. The van der Waals surface area contributed by atoms with Gasteiger partial charge in [-0.05, 0) is 36.8 Å². The van der Waals surface area contributed by atoms with Crippen LogP contribution in [0.15, 0.2) is 52.0 Å². The van der Waals surface area contributed by atoms with E-state index in [0.717, 1.165) is 23.7 Å². The summed E-state index contributed by atoms with van der Waals surface area (Å²) >= 11 is 9.45. The van der Waals surface area contributed by atoms with Crippen LogP contribution in [0, 0.1) is 0 Å². The zero-order chi connectivity index (χ0) is 21.8. The molecular formula is C23H26BrClN2O3. The minimum absolute atomic E-state index is 0.133. The van der Waals surface area contributed by atoms with E-state index in [-0.39, 0.29) is 11.5 Å². The van der Waals surface area contributed by atoms with Crippen LogP contribution >= 0.6 is 27.5 Å². The number of nitrogens with one attached hydrogen (secondary N) is 1. The van der Waals surface area contributed by atoms with Crippen molar-refractivity contribution in [2.75, 3.05) is 0 Å². The fourth-order valence-corrected chi connectivity index (χ4v) is 3.38. The van der Waals surface area contributed by atoms with Gasteiger partial charge in [0.2, 0.25) is 5.91 Å². The highest BCUT2D eigenvalue weighted by Gasteiger charge is 2.14. The van der Waals surface area contributed by atoms with E-state index in [0.29, 0.717) is 22.8 Å². The van der Waals surface area contributed by atoms with Crippen molar-refractivity contribution >= 4 is 45.6 Å². The van der Waals surface area contributed by atoms with Crippen LogP contribution < -0.4 is 10.2 Å². The van der Waals surface area contributed by atoms with Gasteiger partial charge in [0.1, 0.15) is 5.75 Å².